The van der Waals surface area contributed by atoms with Crippen molar-refractivity contribution in [2.24, 2.45) is 0 Å². The van der Waals surface area contributed by atoms with E-state index >= 15 is 0 Å². The van der Waals surface area contributed by atoms with E-state index < -0.39 is 0 Å². The summed E-state index contributed by atoms with van der Waals surface area (Å²) in [6.07, 6.45) is 6.58. The largest absolute Gasteiger partial charge is 0.399 e. The Kier molecular flexibility index (Phi) is 4.24. The van der Waals surface area contributed by atoms with Gasteiger partial charge in [-0.05, 0) is 30.7 Å². The third kappa shape index (κ3) is 3.74. The van der Waals surface area contributed by atoms with Crippen LogP contribution in [0.25, 0.3) is 0 Å². The number of anilines is 1. The summed E-state index contributed by atoms with van der Waals surface area (Å²) < 4.78 is 0. The number of nitrogens with one attached hydrogen (secondary N) is 1. The molecule has 0 aliphatic carbocycles. The lowest BCUT2D eigenvalue weighted by atomic mass is 10.2. The number of amides is 1. The Bertz CT molecular complexity index is 362. The van der Waals surface area contributed by atoms with Gasteiger partial charge in [0, 0.05) is 24.2 Å². The fraction of sp³-hybridized carbons (Fsp3) is 0.250. The Morgan fingerprint density at radius 1 is 1.40 bits per heavy atom. The van der Waals surface area contributed by atoms with Gasteiger partial charge in [0.15, 0.2) is 0 Å². The van der Waals surface area contributed by atoms with Gasteiger partial charge < -0.3 is 11.1 Å². The van der Waals surface area contributed by atoms with Gasteiger partial charge in [-0.15, -0.1) is 12.3 Å². The van der Waals surface area contributed by atoms with Crippen LogP contribution in [0.4, 0.5) is 5.69 Å². The number of nitrogen functional groups attached to an aromatic ring is 1. The smallest absolute Gasteiger partial charge is 0.251 e. The summed E-state index contributed by atoms with van der Waals surface area (Å²) in [7, 11) is 0. The SMILES string of the molecule is C#CCCCNC(=O)c1ccc(N)cc1. The van der Waals surface area contributed by atoms with E-state index in [2.05, 4.69) is 11.2 Å². The number of nitrogens with two attached hydrogens (primary N) is 1. The van der Waals surface area contributed by atoms with E-state index in [1.807, 2.05) is 0 Å². The van der Waals surface area contributed by atoms with Crippen LogP contribution in [-0.4, -0.2) is 12.5 Å². The first-order valence-corrected chi connectivity index (χ1v) is 4.81. The second-order valence-corrected chi connectivity index (χ2v) is 3.19. The van der Waals surface area contributed by atoms with Crippen molar-refractivity contribution >= 4 is 11.6 Å². The summed E-state index contributed by atoms with van der Waals surface area (Å²) in [6, 6.07) is 6.81. The minimum Gasteiger partial charge on any atom is -0.399 e. The van der Waals surface area contributed by atoms with Gasteiger partial charge in [0.05, 0.1) is 0 Å². The van der Waals surface area contributed by atoms with Crippen LogP contribution < -0.4 is 11.1 Å². The number of rotatable bonds is 4. The molecule has 3 nitrogen and oxygen atoms in total. The monoisotopic (exact) mass is 202 g/mol. The highest BCUT2D eigenvalue weighted by Gasteiger charge is 2.02. The topological polar surface area (TPSA) is 55.1 Å². The summed E-state index contributed by atoms with van der Waals surface area (Å²) >= 11 is 0. The van der Waals surface area contributed by atoms with Crippen molar-refractivity contribution in [3.8, 4) is 12.3 Å². The highest BCUT2D eigenvalue weighted by molar-refractivity contribution is 5.94. The van der Waals surface area contributed by atoms with Crippen molar-refractivity contribution in [3.05, 3.63) is 29.8 Å². The van der Waals surface area contributed by atoms with E-state index in [1.54, 1.807) is 24.3 Å². The molecule has 1 rings (SSSR count). The van der Waals surface area contributed by atoms with Crippen molar-refractivity contribution in [2.45, 2.75) is 12.8 Å². The van der Waals surface area contributed by atoms with Crippen molar-refractivity contribution < 1.29 is 4.79 Å². The third-order valence-corrected chi connectivity index (χ3v) is 1.96. The lowest BCUT2D eigenvalue weighted by Crippen LogP contribution is -2.24. The van der Waals surface area contributed by atoms with Crippen LogP contribution in [0.5, 0.6) is 0 Å². The minimum atomic E-state index is -0.0907. The Labute approximate surface area is 89.7 Å². The van der Waals surface area contributed by atoms with Gasteiger partial charge in [0.25, 0.3) is 5.91 Å². The van der Waals surface area contributed by atoms with Crippen molar-refractivity contribution in [1.29, 1.82) is 0 Å². The van der Waals surface area contributed by atoms with Gasteiger partial charge >= 0.3 is 0 Å². The van der Waals surface area contributed by atoms with Crippen molar-refractivity contribution in [2.75, 3.05) is 12.3 Å². The average molecular weight is 202 g/mol. The molecule has 0 spiro atoms. The van der Waals surface area contributed by atoms with E-state index in [9.17, 15) is 4.79 Å². The molecule has 0 unspecified atom stereocenters. The molecule has 78 valence electrons. The molecule has 0 saturated heterocycles. The van der Waals surface area contributed by atoms with Crippen LogP contribution in [0.3, 0.4) is 0 Å². The van der Waals surface area contributed by atoms with Crippen LogP contribution in [0.2, 0.25) is 0 Å². The first-order valence-electron chi connectivity index (χ1n) is 4.81. The molecule has 0 saturated carbocycles. The second-order valence-electron chi connectivity index (χ2n) is 3.19. The highest BCUT2D eigenvalue weighted by atomic mass is 16.1. The van der Waals surface area contributed by atoms with Gasteiger partial charge in [-0.2, -0.15) is 0 Å². The number of hydrogen-bond donors (Lipinski definition) is 2. The fourth-order valence-electron chi connectivity index (χ4n) is 1.13. The molecule has 0 fully saturated rings. The zero-order valence-electron chi connectivity index (χ0n) is 8.49. The van der Waals surface area contributed by atoms with Gasteiger partial charge in [-0.3, -0.25) is 4.79 Å². The van der Waals surface area contributed by atoms with Gasteiger partial charge in [-0.1, -0.05) is 0 Å². The molecule has 1 aromatic carbocycles. The first-order chi connectivity index (χ1) is 7.24. The molecule has 0 aromatic heterocycles. The zero-order chi connectivity index (χ0) is 11.1. The van der Waals surface area contributed by atoms with Gasteiger partial charge in [0.1, 0.15) is 0 Å². The Hall–Kier alpha value is -1.95. The molecule has 1 amide bonds. The Morgan fingerprint density at radius 3 is 2.67 bits per heavy atom. The minimum absolute atomic E-state index is 0.0907. The quantitative estimate of drug-likeness (QED) is 0.440. The molecule has 3 N–H and O–H groups in total. The summed E-state index contributed by atoms with van der Waals surface area (Å²) in [5.74, 6) is 2.43. The maximum atomic E-state index is 11.5. The summed E-state index contributed by atoms with van der Waals surface area (Å²) in [4.78, 5) is 11.5. The standard InChI is InChI=1S/C12H14N2O/c1-2-3-4-9-14-12(15)10-5-7-11(13)8-6-10/h1,5-8H,3-4,9,13H2,(H,14,15). The highest BCUT2D eigenvalue weighted by Crippen LogP contribution is 2.04. The summed E-state index contributed by atoms with van der Waals surface area (Å²) in [5, 5.41) is 2.78. The van der Waals surface area contributed by atoms with Crippen molar-refractivity contribution in [3.63, 3.8) is 0 Å². The molecule has 0 bridgehead atoms. The number of terminal acetylenes is 1. The molecule has 0 radical (unpaired) electrons. The molecule has 0 heterocycles. The summed E-state index contributed by atoms with van der Waals surface area (Å²) in [5.41, 5.74) is 6.78. The maximum absolute atomic E-state index is 11.5. The van der Waals surface area contributed by atoms with Crippen LogP contribution >= 0.6 is 0 Å². The van der Waals surface area contributed by atoms with E-state index in [0.717, 1.165) is 6.42 Å². The van der Waals surface area contributed by atoms with E-state index in [0.29, 0.717) is 24.2 Å². The van der Waals surface area contributed by atoms with E-state index in [-0.39, 0.29) is 5.91 Å². The fourth-order valence-corrected chi connectivity index (χ4v) is 1.13. The predicted octanol–water partition coefficient (Wildman–Crippen LogP) is 1.41. The number of benzene rings is 1. The number of carbonyl (C=O) groups excluding carboxylic acids is 1. The van der Waals surface area contributed by atoms with E-state index in [4.69, 9.17) is 12.2 Å². The molecule has 0 atom stereocenters. The van der Waals surface area contributed by atoms with Gasteiger partial charge in [0.2, 0.25) is 0 Å². The van der Waals surface area contributed by atoms with Crippen LogP contribution in [-0.2, 0) is 0 Å². The summed E-state index contributed by atoms with van der Waals surface area (Å²) in [6.45, 7) is 0.605. The molecule has 0 aliphatic heterocycles. The first kappa shape index (κ1) is 11.1. The lowest BCUT2D eigenvalue weighted by Gasteiger charge is -2.03. The Morgan fingerprint density at radius 2 is 2.07 bits per heavy atom. The third-order valence-electron chi connectivity index (χ3n) is 1.96. The lowest BCUT2D eigenvalue weighted by molar-refractivity contribution is 0.0953. The molecule has 15 heavy (non-hydrogen) atoms. The zero-order valence-corrected chi connectivity index (χ0v) is 8.49. The molecule has 3 heteroatoms. The molecule has 1 aromatic rings. The van der Waals surface area contributed by atoms with Crippen LogP contribution in [0, 0.1) is 12.3 Å². The average Bonchev–Trinajstić information content (AvgIpc) is 2.25. The maximum Gasteiger partial charge on any atom is 0.251 e. The normalized spacial score (nSPS) is 9.27. The molecule has 0 aliphatic rings. The number of hydrogen-bond acceptors (Lipinski definition) is 2. The van der Waals surface area contributed by atoms with Crippen LogP contribution in [0.1, 0.15) is 23.2 Å². The predicted molar refractivity (Wildman–Crippen MR) is 61.3 cm³/mol. The number of carbonyl (C=O) groups is 1. The second kappa shape index (κ2) is 5.71. The Balaban J connectivity index is 2.41. The van der Waals surface area contributed by atoms with Crippen LogP contribution in [0.15, 0.2) is 24.3 Å². The van der Waals surface area contributed by atoms with E-state index in [1.165, 1.54) is 0 Å². The van der Waals surface area contributed by atoms with Gasteiger partial charge in [-0.25, -0.2) is 0 Å². The number of unbranched alkanes of at least 4 members (excludes halogenated alkanes) is 1. The van der Waals surface area contributed by atoms with Crippen molar-refractivity contribution in [1.82, 2.24) is 5.32 Å². The molecular weight excluding hydrogens is 188 g/mol. The molecular formula is C12H14N2O.